The van der Waals surface area contributed by atoms with Gasteiger partial charge in [0.15, 0.2) is 0 Å². The predicted molar refractivity (Wildman–Crippen MR) is 110 cm³/mol. The van der Waals surface area contributed by atoms with Gasteiger partial charge >= 0.3 is 6.03 Å². The van der Waals surface area contributed by atoms with Gasteiger partial charge in [-0.15, -0.1) is 0 Å². The number of ether oxygens (including phenoxy) is 2. The number of hydrogen-bond acceptors (Lipinski definition) is 5. The Morgan fingerprint density at radius 3 is 2.26 bits per heavy atom. The quantitative estimate of drug-likeness (QED) is 0.617. The number of amides is 3. The summed E-state index contributed by atoms with van der Waals surface area (Å²) in [5.74, 6) is 0.126. The summed E-state index contributed by atoms with van der Waals surface area (Å²) in [6.45, 7) is 1.67. The fraction of sp³-hybridized carbons (Fsp3) is 0.176. The van der Waals surface area contributed by atoms with Crippen LogP contribution >= 0.6 is 36.0 Å². The molecule has 0 saturated carbocycles. The van der Waals surface area contributed by atoms with Crippen molar-refractivity contribution in [1.82, 2.24) is 0 Å². The van der Waals surface area contributed by atoms with E-state index in [9.17, 15) is 9.59 Å². The molecule has 0 aliphatic heterocycles. The molecule has 2 aromatic rings. The molecule has 0 unspecified atom stereocenters. The Bertz CT molecular complexity index is 908. The highest BCUT2D eigenvalue weighted by molar-refractivity contribution is 7.82. The third kappa shape index (κ3) is 4.52. The molecule has 0 radical (unpaired) electrons. The van der Waals surface area contributed by atoms with Crippen molar-refractivity contribution in [2.45, 2.75) is 6.92 Å². The van der Waals surface area contributed by atoms with E-state index < -0.39 is 11.9 Å². The first-order valence-electron chi connectivity index (χ1n) is 7.51. The van der Waals surface area contributed by atoms with E-state index >= 15 is 0 Å². The molecule has 7 nitrogen and oxygen atoms in total. The molecule has 3 amide bonds. The number of primary amides is 1. The number of methoxy groups -OCH3 is 2. The predicted octanol–water partition coefficient (Wildman–Crippen LogP) is 4.30. The van der Waals surface area contributed by atoms with Crippen molar-refractivity contribution < 1.29 is 19.1 Å². The van der Waals surface area contributed by atoms with Crippen LogP contribution in [0.2, 0.25) is 10.0 Å². The summed E-state index contributed by atoms with van der Waals surface area (Å²) in [4.78, 5) is 24.0. The zero-order valence-corrected chi connectivity index (χ0v) is 17.1. The van der Waals surface area contributed by atoms with Crippen molar-refractivity contribution in [2.75, 3.05) is 23.8 Å². The number of halogens is 2. The largest absolute Gasteiger partial charge is 0.495 e. The zero-order valence-electron chi connectivity index (χ0n) is 14.7. The Morgan fingerprint density at radius 2 is 1.70 bits per heavy atom. The van der Waals surface area contributed by atoms with Crippen LogP contribution in [0.3, 0.4) is 0 Å². The minimum Gasteiger partial charge on any atom is -0.495 e. The van der Waals surface area contributed by atoms with Gasteiger partial charge in [-0.3, -0.25) is 4.79 Å². The van der Waals surface area contributed by atoms with E-state index in [1.165, 1.54) is 32.4 Å². The lowest BCUT2D eigenvalue weighted by molar-refractivity contribution is 0.0999. The van der Waals surface area contributed by atoms with Gasteiger partial charge in [0, 0.05) is 11.6 Å². The lowest BCUT2D eigenvalue weighted by Gasteiger charge is -2.20. The number of rotatable bonds is 5. The van der Waals surface area contributed by atoms with Crippen molar-refractivity contribution in [3.63, 3.8) is 0 Å². The molecule has 10 heteroatoms. The maximum Gasteiger partial charge on any atom is 0.336 e. The number of urea groups is 1. The van der Waals surface area contributed by atoms with Gasteiger partial charge in [0.1, 0.15) is 11.5 Å². The standard InChI is InChI=1S/C17H17Cl2N3O4S/c1-8-4-13(10(18)5-9(8)16(20)23)22(27)17(24)21-12-6-11(19)14(25-2)7-15(12)26-3/h4-7,27H,1-3H3,(H2,20,23)(H,21,24). The number of carbonyl (C=O) groups is 2. The van der Waals surface area contributed by atoms with Crippen molar-refractivity contribution >= 4 is 59.3 Å². The highest BCUT2D eigenvalue weighted by atomic mass is 35.5. The van der Waals surface area contributed by atoms with E-state index in [-0.39, 0.29) is 16.3 Å². The average Bonchev–Trinajstić information content (AvgIpc) is 2.62. The van der Waals surface area contributed by atoms with Gasteiger partial charge in [-0.2, -0.15) is 0 Å². The van der Waals surface area contributed by atoms with Crippen molar-refractivity contribution in [3.05, 3.63) is 45.4 Å². The molecular formula is C17H17Cl2N3O4S. The number of hydrogen-bond donors (Lipinski definition) is 3. The maximum atomic E-state index is 12.6. The van der Waals surface area contributed by atoms with Gasteiger partial charge in [0.2, 0.25) is 5.91 Å². The van der Waals surface area contributed by atoms with Gasteiger partial charge in [-0.1, -0.05) is 36.0 Å². The van der Waals surface area contributed by atoms with Crippen LogP contribution in [0.4, 0.5) is 16.2 Å². The normalized spacial score (nSPS) is 10.3. The van der Waals surface area contributed by atoms with Crippen LogP contribution in [-0.4, -0.2) is 26.2 Å². The summed E-state index contributed by atoms with van der Waals surface area (Å²) in [7, 11) is 2.91. The molecule has 27 heavy (non-hydrogen) atoms. The molecule has 0 aliphatic rings. The van der Waals surface area contributed by atoms with Crippen molar-refractivity contribution in [2.24, 2.45) is 5.73 Å². The van der Waals surface area contributed by atoms with Crippen LogP contribution in [0.5, 0.6) is 11.5 Å². The van der Waals surface area contributed by atoms with Crippen LogP contribution in [0, 0.1) is 6.92 Å². The monoisotopic (exact) mass is 429 g/mol. The zero-order chi connectivity index (χ0) is 20.3. The number of anilines is 2. The van der Waals surface area contributed by atoms with Gasteiger partial charge < -0.3 is 20.5 Å². The number of carbonyl (C=O) groups excluding carboxylic acids is 2. The smallest absolute Gasteiger partial charge is 0.336 e. The summed E-state index contributed by atoms with van der Waals surface area (Å²) >= 11 is 16.5. The van der Waals surface area contributed by atoms with Gasteiger partial charge in [-0.05, 0) is 30.7 Å². The Hall–Kier alpha value is -2.29. The van der Waals surface area contributed by atoms with E-state index in [1.54, 1.807) is 13.0 Å². The molecule has 0 saturated heterocycles. The summed E-state index contributed by atoms with van der Waals surface area (Å²) < 4.78 is 11.4. The minimum absolute atomic E-state index is 0.138. The second-order valence-corrected chi connectivity index (χ2v) is 6.63. The van der Waals surface area contributed by atoms with E-state index in [0.29, 0.717) is 27.8 Å². The van der Waals surface area contributed by atoms with Crippen LogP contribution < -0.4 is 24.8 Å². The molecule has 2 rings (SSSR count). The van der Waals surface area contributed by atoms with E-state index in [0.717, 1.165) is 4.31 Å². The Labute approximate surface area is 171 Å². The first-order chi connectivity index (χ1) is 12.7. The first-order valence-corrected chi connectivity index (χ1v) is 8.66. The van der Waals surface area contributed by atoms with Crippen LogP contribution in [-0.2, 0) is 0 Å². The highest BCUT2D eigenvalue weighted by Gasteiger charge is 2.20. The molecular weight excluding hydrogens is 413 g/mol. The number of nitrogens with one attached hydrogen (secondary N) is 1. The molecule has 0 bridgehead atoms. The third-order valence-corrected chi connectivity index (χ3v) is 4.69. The molecule has 0 spiro atoms. The fourth-order valence-electron chi connectivity index (χ4n) is 2.33. The van der Waals surface area contributed by atoms with Gasteiger partial charge in [0.25, 0.3) is 0 Å². The molecule has 0 aromatic heterocycles. The van der Waals surface area contributed by atoms with Gasteiger partial charge in [-0.25, -0.2) is 9.10 Å². The number of benzene rings is 2. The Morgan fingerprint density at radius 1 is 1.07 bits per heavy atom. The summed E-state index contributed by atoms with van der Waals surface area (Å²) in [6.07, 6.45) is 0. The number of thiol groups is 1. The second kappa shape index (κ2) is 8.60. The Kier molecular flexibility index (Phi) is 6.69. The van der Waals surface area contributed by atoms with Gasteiger partial charge in [0.05, 0.1) is 35.6 Å². The first kappa shape index (κ1) is 21.0. The van der Waals surface area contributed by atoms with E-state index in [1.807, 2.05) is 0 Å². The summed E-state index contributed by atoms with van der Waals surface area (Å²) in [6, 6.07) is 5.33. The van der Waals surface area contributed by atoms with Crippen molar-refractivity contribution in [3.8, 4) is 11.5 Å². The number of nitrogens with zero attached hydrogens (tertiary/aromatic N) is 1. The molecule has 0 aliphatic carbocycles. The average molecular weight is 430 g/mol. The highest BCUT2D eigenvalue weighted by Crippen LogP contribution is 2.37. The molecule has 0 atom stereocenters. The van der Waals surface area contributed by atoms with Crippen LogP contribution in [0.15, 0.2) is 24.3 Å². The third-order valence-electron chi connectivity index (χ3n) is 3.70. The maximum absolute atomic E-state index is 12.6. The Balaban J connectivity index is 2.33. The molecule has 0 fully saturated rings. The summed E-state index contributed by atoms with van der Waals surface area (Å²) in [5.41, 5.74) is 6.70. The SMILES string of the molecule is COc1cc(OC)c(NC(=O)N(S)c2cc(C)c(C(N)=O)cc2Cl)cc1Cl. The summed E-state index contributed by atoms with van der Waals surface area (Å²) in [5, 5.41) is 3.06. The molecule has 0 heterocycles. The second-order valence-electron chi connectivity index (χ2n) is 5.41. The lowest BCUT2D eigenvalue weighted by atomic mass is 10.1. The fourth-order valence-corrected chi connectivity index (χ4v) is 3.09. The molecule has 144 valence electrons. The van der Waals surface area contributed by atoms with Crippen molar-refractivity contribution in [1.29, 1.82) is 0 Å². The van der Waals surface area contributed by atoms with Crippen LogP contribution in [0.1, 0.15) is 15.9 Å². The number of aryl methyl sites for hydroxylation is 1. The molecule has 2 aromatic carbocycles. The van der Waals surface area contributed by atoms with E-state index in [2.05, 4.69) is 18.1 Å². The molecule has 3 N–H and O–H groups in total. The number of nitrogens with two attached hydrogens (primary N) is 1. The minimum atomic E-state index is -0.619. The topological polar surface area (TPSA) is 93.9 Å². The van der Waals surface area contributed by atoms with Crippen LogP contribution in [0.25, 0.3) is 0 Å². The van der Waals surface area contributed by atoms with E-state index in [4.69, 9.17) is 38.4 Å². The lowest BCUT2D eigenvalue weighted by Crippen LogP contribution is -2.27.